The second-order valence-corrected chi connectivity index (χ2v) is 9.92. The van der Waals surface area contributed by atoms with Crippen molar-refractivity contribution in [3.8, 4) is 16.9 Å². The van der Waals surface area contributed by atoms with Gasteiger partial charge in [-0.3, -0.25) is 4.79 Å². The van der Waals surface area contributed by atoms with Crippen LogP contribution < -0.4 is 15.4 Å². The fourth-order valence-electron chi connectivity index (χ4n) is 4.28. The molecule has 0 saturated carbocycles. The van der Waals surface area contributed by atoms with E-state index in [0.29, 0.717) is 32.1 Å². The number of hydrogen-bond acceptors (Lipinski definition) is 6. The van der Waals surface area contributed by atoms with Gasteiger partial charge in [0.05, 0.1) is 13.0 Å². The van der Waals surface area contributed by atoms with Crippen LogP contribution in [-0.2, 0) is 40.4 Å². The molecule has 0 aliphatic carbocycles. The topological polar surface area (TPSA) is 85.9 Å². The molecule has 0 fully saturated rings. The van der Waals surface area contributed by atoms with Gasteiger partial charge in [0.25, 0.3) is 0 Å². The summed E-state index contributed by atoms with van der Waals surface area (Å²) < 4.78 is 16.6. The highest BCUT2D eigenvalue weighted by Crippen LogP contribution is 2.38. The Balaban J connectivity index is 1.49. The van der Waals surface area contributed by atoms with Crippen LogP contribution in [0, 0.1) is 0 Å². The Hall–Kier alpha value is -4.00. The molecule has 3 aromatic rings. The van der Waals surface area contributed by atoms with Crippen molar-refractivity contribution in [3.05, 3.63) is 82.9 Å². The molecule has 0 unspecified atom stereocenters. The van der Waals surface area contributed by atoms with E-state index in [9.17, 15) is 9.59 Å². The van der Waals surface area contributed by atoms with E-state index >= 15 is 0 Å². The summed E-state index contributed by atoms with van der Waals surface area (Å²) in [6.07, 6.45) is -0.267. The largest absolute Gasteiger partial charge is 0.489 e. The minimum absolute atomic E-state index is 0.174. The summed E-state index contributed by atoms with van der Waals surface area (Å²) in [4.78, 5) is 24.1. The van der Waals surface area contributed by atoms with E-state index in [1.54, 1.807) is 6.92 Å². The molecule has 1 amide bonds. The van der Waals surface area contributed by atoms with Gasteiger partial charge in [0.1, 0.15) is 18.0 Å². The van der Waals surface area contributed by atoms with Crippen LogP contribution in [0.3, 0.4) is 0 Å². The third-order valence-electron chi connectivity index (χ3n) is 5.90. The molecule has 0 atom stereocenters. The minimum atomic E-state index is -0.546. The van der Waals surface area contributed by atoms with Crippen molar-refractivity contribution in [2.75, 3.05) is 11.9 Å². The summed E-state index contributed by atoms with van der Waals surface area (Å²) in [5.74, 6) is 0.402. The molecule has 3 aromatic carbocycles. The van der Waals surface area contributed by atoms with Gasteiger partial charge in [-0.1, -0.05) is 48.5 Å². The fraction of sp³-hybridized carbons (Fsp3) is 0.333. The van der Waals surface area contributed by atoms with E-state index in [1.807, 2.05) is 57.2 Å². The Morgan fingerprint density at radius 1 is 0.973 bits per heavy atom. The van der Waals surface area contributed by atoms with Gasteiger partial charge in [-0.2, -0.15) is 0 Å². The number of ether oxygens (including phenoxy) is 3. The number of esters is 1. The lowest BCUT2D eigenvalue weighted by atomic mass is 9.91. The molecule has 0 bridgehead atoms. The van der Waals surface area contributed by atoms with Gasteiger partial charge in [0.15, 0.2) is 0 Å². The van der Waals surface area contributed by atoms with Crippen LogP contribution in [0.25, 0.3) is 11.1 Å². The Labute approximate surface area is 218 Å². The van der Waals surface area contributed by atoms with Crippen molar-refractivity contribution in [3.63, 3.8) is 0 Å². The van der Waals surface area contributed by atoms with E-state index in [-0.39, 0.29) is 12.4 Å². The van der Waals surface area contributed by atoms with Crippen molar-refractivity contribution in [1.82, 2.24) is 5.32 Å². The van der Waals surface area contributed by atoms with Crippen LogP contribution in [0.2, 0.25) is 0 Å². The highest BCUT2D eigenvalue weighted by atomic mass is 16.6. The number of anilines is 1. The minimum Gasteiger partial charge on any atom is -0.489 e. The number of fused-ring (bicyclic) bond motifs is 3. The average molecular weight is 503 g/mol. The number of para-hydroxylation sites is 2. The molecule has 7 nitrogen and oxygen atoms in total. The maximum absolute atomic E-state index is 12.2. The van der Waals surface area contributed by atoms with Crippen molar-refractivity contribution >= 4 is 17.7 Å². The summed E-state index contributed by atoms with van der Waals surface area (Å²) in [6.45, 7) is 9.10. The third-order valence-corrected chi connectivity index (χ3v) is 5.90. The molecule has 4 rings (SSSR count). The lowest BCUT2D eigenvalue weighted by molar-refractivity contribution is -0.142. The van der Waals surface area contributed by atoms with Crippen LogP contribution >= 0.6 is 0 Å². The first-order valence-electron chi connectivity index (χ1n) is 12.5. The smallest absolute Gasteiger partial charge is 0.407 e. The van der Waals surface area contributed by atoms with Crippen molar-refractivity contribution < 1.29 is 23.8 Å². The number of alkyl carbamates (subject to hydrolysis) is 1. The van der Waals surface area contributed by atoms with Crippen LogP contribution in [0.4, 0.5) is 10.5 Å². The summed E-state index contributed by atoms with van der Waals surface area (Å²) in [5.41, 5.74) is 6.67. The van der Waals surface area contributed by atoms with E-state index in [1.165, 1.54) is 5.56 Å². The number of nitrogens with one attached hydrogen (secondary N) is 2. The van der Waals surface area contributed by atoms with Crippen molar-refractivity contribution in [2.45, 2.75) is 59.4 Å². The molecule has 1 heterocycles. The number of carbonyl (C=O) groups is 2. The van der Waals surface area contributed by atoms with E-state index in [0.717, 1.165) is 33.5 Å². The Kier molecular flexibility index (Phi) is 8.01. The van der Waals surface area contributed by atoms with Crippen LogP contribution in [0.1, 0.15) is 49.9 Å². The highest BCUT2D eigenvalue weighted by Gasteiger charge is 2.20. The summed E-state index contributed by atoms with van der Waals surface area (Å²) in [7, 11) is 0. The standard InChI is InChI=1S/C30H34N2O5/c1-5-35-27(33)16-21-9-6-7-12-26(21)36-19-20-13-14-22-17-31-28-23(10-8-11-24(28)25(22)15-20)18-32-29(34)37-30(2,3)4/h6-15,31H,5,16-19H2,1-4H3,(H,32,34). The molecule has 0 radical (unpaired) electrons. The maximum atomic E-state index is 12.2. The Bertz CT molecular complexity index is 1280. The number of hydrogen-bond donors (Lipinski definition) is 2. The maximum Gasteiger partial charge on any atom is 0.407 e. The first-order chi connectivity index (χ1) is 17.7. The van der Waals surface area contributed by atoms with Crippen LogP contribution in [0.5, 0.6) is 5.75 Å². The van der Waals surface area contributed by atoms with Crippen molar-refractivity contribution in [1.29, 1.82) is 0 Å². The van der Waals surface area contributed by atoms with E-state index < -0.39 is 11.7 Å². The fourth-order valence-corrected chi connectivity index (χ4v) is 4.28. The lowest BCUT2D eigenvalue weighted by Crippen LogP contribution is -2.32. The Morgan fingerprint density at radius 2 is 1.76 bits per heavy atom. The van der Waals surface area contributed by atoms with Crippen LogP contribution in [-0.4, -0.2) is 24.3 Å². The third kappa shape index (κ3) is 6.82. The van der Waals surface area contributed by atoms with Gasteiger partial charge < -0.3 is 24.8 Å². The summed E-state index contributed by atoms with van der Waals surface area (Å²) in [6, 6.07) is 19.9. The van der Waals surface area contributed by atoms with Crippen molar-refractivity contribution in [2.24, 2.45) is 0 Å². The average Bonchev–Trinajstić information content (AvgIpc) is 2.86. The van der Waals surface area contributed by atoms with Gasteiger partial charge >= 0.3 is 12.1 Å². The summed E-state index contributed by atoms with van der Waals surface area (Å²) >= 11 is 0. The van der Waals surface area contributed by atoms with Gasteiger partial charge in [0, 0.05) is 29.9 Å². The number of rotatable bonds is 8. The molecular weight excluding hydrogens is 468 g/mol. The van der Waals surface area contributed by atoms with Gasteiger partial charge in [-0.15, -0.1) is 0 Å². The highest BCUT2D eigenvalue weighted by molar-refractivity contribution is 5.85. The zero-order chi connectivity index (χ0) is 26.4. The molecule has 1 aliphatic rings. The monoisotopic (exact) mass is 502 g/mol. The quantitative estimate of drug-likeness (QED) is 0.368. The summed E-state index contributed by atoms with van der Waals surface area (Å²) in [5, 5.41) is 6.36. The molecule has 0 spiro atoms. The molecule has 2 N–H and O–H groups in total. The number of benzene rings is 3. The number of carbonyl (C=O) groups excluding carboxylic acids is 2. The molecule has 1 aliphatic heterocycles. The predicted molar refractivity (Wildman–Crippen MR) is 143 cm³/mol. The molecule has 0 aromatic heterocycles. The second kappa shape index (κ2) is 11.4. The second-order valence-electron chi connectivity index (χ2n) is 9.92. The van der Waals surface area contributed by atoms with Gasteiger partial charge in [0.2, 0.25) is 0 Å². The lowest BCUT2D eigenvalue weighted by Gasteiger charge is -2.25. The molecule has 37 heavy (non-hydrogen) atoms. The van der Waals surface area contributed by atoms with E-state index in [4.69, 9.17) is 14.2 Å². The zero-order valence-corrected chi connectivity index (χ0v) is 21.9. The predicted octanol–water partition coefficient (Wildman–Crippen LogP) is 5.99. The molecule has 0 saturated heterocycles. The zero-order valence-electron chi connectivity index (χ0n) is 21.9. The SMILES string of the molecule is CCOC(=O)Cc1ccccc1OCc1ccc2c(c1)-c1cccc(CNC(=O)OC(C)(C)C)c1NC2. The van der Waals surface area contributed by atoms with E-state index in [2.05, 4.69) is 34.9 Å². The normalized spacial score (nSPS) is 12.0. The Morgan fingerprint density at radius 3 is 2.54 bits per heavy atom. The first kappa shape index (κ1) is 26.1. The van der Waals surface area contributed by atoms with Gasteiger partial charge in [-0.05, 0) is 62.1 Å². The molecular formula is C30H34N2O5. The molecule has 194 valence electrons. The van der Waals surface area contributed by atoms with Crippen LogP contribution in [0.15, 0.2) is 60.7 Å². The van der Waals surface area contributed by atoms with Gasteiger partial charge in [-0.25, -0.2) is 4.79 Å². The molecule has 7 heteroatoms. The first-order valence-corrected chi connectivity index (χ1v) is 12.5. The number of amides is 1.